The molecule has 3 nitrogen and oxygen atoms in total. The molecule has 0 fully saturated rings. The lowest BCUT2D eigenvalue weighted by atomic mass is 10.1. The zero-order valence-electron chi connectivity index (χ0n) is 8.38. The molecule has 0 aromatic rings. The highest BCUT2D eigenvalue weighted by molar-refractivity contribution is 9.09. The van der Waals surface area contributed by atoms with E-state index in [0.29, 0.717) is 18.5 Å². The number of alkyl halides is 1. The van der Waals surface area contributed by atoms with Crippen LogP contribution in [0.4, 0.5) is 0 Å². The molecule has 1 N–H and O–H groups in total. The topological polar surface area (TPSA) is 46.2 Å². The Balaban J connectivity index is 3.74. The van der Waals surface area contributed by atoms with Crippen LogP contribution in [0.3, 0.4) is 0 Å². The molecule has 0 spiro atoms. The lowest BCUT2D eigenvalue weighted by molar-refractivity contribution is 0.445. The van der Waals surface area contributed by atoms with Gasteiger partial charge in [-0.3, -0.25) is 0 Å². The monoisotopic (exact) mass is 271 g/mol. The average molecular weight is 272 g/mol. The molecule has 13 heavy (non-hydrogen) atoms. The number of hydrogen-bond acceptors (Lipinski definition) is 3. The maximum absolute atomic E-state index is 10.8. The summed E-state index contributed by atoms with van der Waals surface area (Å²) in [5.41, 5.74) is 0. The molecule has 0 saturated carbocycles. The van der Waals surface area contributed by atoms with Crippen LogP contribution in [0.15, 0.2) is 0 Å². The fraction of sp³-hybridized carbons (Fsp3) is 1.00. The highest BCUT2D eigenvalue weighted by Gasteiger charge is 2.11. The Bertz CT molecular complexity index is 226. The molecular formula is C8H18BrNO2S. The third-order valence-corrected chi connectivity index (χ3v) is 3.49. The minimum Gasteiger partial charge on any atom is -0.312 e. The second kappa shape index (κ2) is 5.98. The zero-order chi connectivity index (χ0) is 10.5. The van der Waals surface area contributed by atoms with E-state index < -0.39 is 9.84 Å². The molecule has 0 saturated heterocycles. The van der Waals surface area contributed by atoms with E-state index in [9.17, 15) is 8.42 Å². The van der Waals surface area contributed by atoms with E-state index in [2.05, 4.69) is 35.1 Å². The maximum atomic E-state index is 10.8. The van der Waals surface area contributed by atoms with Crippen molar-refractivity contribution in [1.82, 2.24) is 5.32 Å². The Hall–Kier alpha value is 0.390. The summed E-state index contributed by atoms with van der Waals surface area (Å²) in [7, 11) is -2.83. The second-order valence-electron chi connectivity index (χ2n) is 3.59. The first-order valence-electron chi connectivity index (χ1n) is 4.34. The van der Waals surface area contributed by atoms with Crippen molar-refractivity contribution >= 4 is 25.8 Å². The van der Waals surface area contributed by atoms with Crippen molar-refractivity contribution < 1.29 is 8.42 Å². The van der Waals surface area contributed by atoms with Crippen LogP contribution in [-0.4, -0.2) is 38.3 Å². The van der Waals surface area contributed by atoms with Gasteiger partial charge in [-0.15, -0.1) is 0 Å². The highest BCUT2D eigenvalue weighted by atomic mass is 79.9. The lowest BCUT2D eigenvalue weighted by Gasteiger charge is -2.19. The van der Waals surface area contributed by atoms with E-state index >= 15 is 0 Å². The largest absolute Gasteiger partial charge is 0.312 e. The molecule has 0 amide bonds. The van der Waals surface area contributed by atoms with Gasteiger partial charge in [0.05, 0.1) is 5.75 Å². The van der Waals surface area contributed by atoms with Crippen LogP contribution in [0.2, 0.25) is 0 Å². The van der Waals surface area contributed by atoms with Gasteiger partial charge in [-0.1, -0.05) is 29.8 Å². The maximum Gasteiger partial charge on any atom is 0.148 e. The van der Waals surface area contributed by atoms with Crippen molar-refractivity contribution in [3.05, 3.63) is 0 Å². The van der Waals surface area contributed by atoms with Crippen LogP contribution in [0.1, 0.15) is 13.8 Å². The van der Waals surface area contributed by atoms with Crippen molar-refractivity contribution in [3.63, 3.8) is 0 Å². The highest BCUT2D eigenvalue weighted by Crippen LogP contribution is 2.04. The average Bonchev–Trinajstić information content (AvgIpc) is 1.95. The molecule has 0 aliphatic rings. The third-order valence-electron chi connectivity index (χ3n) is 1.85. The van der Waals surface area contributed by atoms with Crippen molar-refractivity contribution in [1.29, 1.82) is 0 Å². The molecule has 5 heteroatoms. The van der Waals surface area contributed by atoms with Crippen LogP contribution < -0.4 is 5.32 Å². The minimum absolute atomic E-state index is 0.212. The number of hydrogen-bond donors (Lipinski definition) is 1. The van der Waals surface area contributed by atoms with Gasteiger partial charge in [-0.2, -0.15) is 0 Å². The van der Waals surface area contributed by atoms with Gasteiger partial charge >= 0.3 is 0 Å². The predicted molar refractivity (Wildman–Crippen MR) is 60.1 cm³/mol. The predicted octanol–water partition coefficient (Wildman–Crippen LogP) is 1.04. The van der Waals surface area contributed by atoms with Crippen molar-refractivity contribution in [2.45, 2.75) is 19.9 Å². The summed E-state index contributed by atoms with van der Waals surface area (Å²) < 4.78 is 21.6. The summed E-state index contributed by atoms with van der Waals surface area (Å²) in [5.74, 6) is 0.724. The molecule has 0 rings (SSSR count). The summed E-state index contributed by atoms with van der Waals surface area (Å²) in [6.45, 7) is 4.76. The number of nitrogens with one attached hydrogen (secondary N) is 1. The van der Waals surface area contributed by atoms with Crippen molar-refractivity contribution in [2.24, 2.45) is 5.92 Å². The molecule has 0 aliphatic carbocycles. The van der Waals surface area contributed by atoms with E-state index in [0.717, 1.165) is 5.33 Å². The Labute approximate surface area is 89.3 Å². The van der Waals surface area contributed by atoms with Gasteiger partial charge in [0, 0.05) is 24.2 Å². The quantitative estimate of drug-likeness (QED) is 0.735. The summed E-state index contributed by atoms with van der Waals surface area (Å²) in [4.78, 5) is 0. The Morgan fingerprint density at radius 1 is 1.38 bits per heavy atom. The van der Waals surface area contributed by atoms with Gasteiger partial charge in [0.2, 0.25) is 0 Å². The molecular weight excluding hydrogens is 254 g/mol. The summed E-state index contributed by atoms with van der Waals surface area (Å²) in [6.07, 6.45) is 1.26. The van der Waals surface area contributed by atoms with Crippen molar-refractivity contribution in [2.75, 3.05) is 23.9 Å². The van der Waals surface area contributed by atoms with Gasteiger partial charge in [-0.05, 0) is 5.92 Å². The van der Waals surface area contributed by atoms with E-state index in [4.69, 9.17) is 0 Å². The molecule has 1 atom stereocenters. The van der Waals surface area contributed by atoms with Gasteiger partial charge in [0.1, 0.15) is 9.84 Å². The van der Waals surface area contributed by atoms with Crippen LogP contribution in [0, 0.1) is 5.92 Å². The fourth-order valence-corrected chi connectivity index (χ4v) is 2.36. The van der Waals surface area contributed by atoms with Gasteiger partial charge in [0.25, 0.3) is 0 Å². The molecule has 0 radical (unpaired) electrons. The number of rotatable bonds is 6. The minimum atomic E-state index is -2.83. The first kappa shape index (κ1) is 13.4. The van der Waals surface area contributed by atoms with Gasteiger partial charge < -0.3 is 5.32 Å². The molecule has 0 heterocycles. The molecule has 0 bridgehead atoms. The SMILES string of the molecule is CC(C)C(CBr)NCCS(C)(=O)=O. The van der Waals surface area contributed by atoms with Crippen LogP contribution in [-0.2, 0) is 9.84 Å². The molecule has 0 aromatic carbocycles. The first-order valence-corrected chi connectivity index (χ1v) is 7.52. The Kier molecular flexibility index (Phi) is 6.16. The fourth-order valence-electron chi connectivity index (χ4n) is 0.898. The van der Waals surface area contributed by atoms with Crippen molar-refractivity contribution in [3.8, 4) is 0 Å². The van der Waals surface area contributed by atoms with Crippen LogP contribution in [0.5, 0.6) is 0 Å². The normalized spacial score (nSPS) is 14.8. The summed E-state index contributed by atoms with van der Waals surface area (Å²) in [6, 6.07) is 0.349. The van der Waals surface area contributed by atoms with E-state index in [1.807, 2.05) is 0 Å². The third kappa shape index (κ3) is 7.46. The van der Waals surface area contributed by atoms with Crippen LogP contribution >= 0.6 is 15.9 Å². The second-order valence-corrected chi connectivity index (χ2v) is 6.50. The number of halogens is 1. The molecule has 0 aromatic heterocycles. The summed E-state index contributed by atoms with van der Waals surface area (Å²) in [5, 5.41) is 4.05. The van der Waals surface area contributed by atoms with Gasteiger partial charge in [-0.25, -0.2) is 8.42 Å². The first-order chi connectivity index (χ1) is 5.87. The van der Waals surface area contributed by atoms with E-state index in [1.54, 1.807) is 0 Å². The van der Waals surface area contributed by atoms with Gasteiger partial charge in [0.15, 0.2) is 0 Å². The molecule has 0 aliphatic heterocycles. The molecule has 80 valence electrons. The smallest absolute Gasteiger partial charge is 0.148 e. The molecule has 1 unspecified atom stereocenters. The number of sulfone groups is 1. The van der Waals surface area contributed by atoms with E-state index in [-0.39, 0.29) is 5.75 Å². The van der Waals surface area contributed by atoms with Crippen LogP contribution in [0.25, 0.3) is 0 Å². The summed E-state index contributed by atoms with van der Waals surface area (Å²) >= 11 is 3.39. The zero-order valence-corrected chi connectivity index (χ0v) is 10.8. The standard InChI is InChI=1S/C8H18BrNO2S/c1-7(2)8(6-9)10-4-5-13(3,11)12/h7-8,10H,4-6H2,1-3H3. The lowest BCUT2D eigenvalue weighted by Crippen LogP contribution is -2.38. The Morgan fingerprint density at radius 3 is 2.23 bits per heavy atom. The van der Waals surface area contributed by atoms with E-state index in [1.165, 1.54) is 6.26 Å². The Morgan fingerprint density at radius 2 is 1.92 bits per heavy atom.